The minimum Gasteiger partial charge on any atom is -0.328 e. The SMILES string of the molecule is O=c1ccc(S(=O)(=O)NCCCc2ncn[nH]2)c[nH]1. The van der Waals surface area contributed by atoms with E-state index in [4.69, 9.17) is 0 Å². The molecule has 0 aliphatic heterocycles. The number of nitrogens with one attached hydrogen (secondary N) is 3. The van der Waals surface area contributed by atoms with Crippen molar-refractivity contribution in [2.75, 3.05) is 6.54 Å². The Morgan fingerprint density at radius 2 is 2.16 bits per heavy atom. The summed E-state index contributed by atoms with van der Waals surface area (Å²) >= 11 is 0. The Kier molecular flexibility index (Phi) is 4.07. The quantitative estimate of drug-likeness (QED) is 0.611. The first-order chi connectivity index (χ1) is 9.08. The van der Waals surface area contributed by atoms with Crippen molar-refractivity contribution < 1.29 is 8.42 Å². The Balaban J connectivity index is 1.87. The average Bonchev–Trinajstić information content (AvgIpc) is 2.88. The van der Waals surface area contributed by atoms with Gasteiger partial charge < -0.3 is 4.98 Å². The molecule has 8 nitrogen and oxygen atoms in total. The van der Waals surface area contributed by atoms with Gasteiger partial charge in [-0.2, -0.15) is 5.10 Å². The second-order valence-electron chi connectivity index (χ2n) is 3.82. The molecule has 0 atom stereocenters. The highest BCUT2D eigenvalue weighted by Crippen LogP contribution is 2.04. The van der Waals surface area contributed by atoms with Crippen molar-refractivity contribution in [1.29, 1.82) is 0 Å². The van der Waals surface area contributed by atoms with Crippen molar-refractivity contribution in [3.63, 3.8) is 0 Å². The van der Waals surface area contributed by atoms with Gasteiger partial charge in [0.1, 0.15) is 12.2 Å². The first-order valence-electron chi connectivity index (χ1n) is 5.60. The number of rotatable bonds is 6. The molecule has 0 spiro atoms. The summed E-state index contributed by atoms with van der Waals surface area (Å²) in [5, 5.41) is 6.39. The summed E-state index contributed by atoms with van der Waals surface area (Å²) in [5.74, 6) is 0.711. The molecule has 0 unspecified atom stereocenters. The van der Waals surface area contributed by atoms with E-state index >= 15 is 0 Å². The van der Waals surface area contributed by atoms with Crippen molar-refractivity contribution in [2.24, 2.45) is 0 Å². The maximum Gasteiger partial charge on any atom is 0.247 e. The molecule has 0 bridgehead atoms. The van der Waals surface area contributed by atoms with E-state index in [9.17, 15) is 13.2 Å². The Morgan fingerprint density at radius 3 is 2.79 bits per heavy atom. The molecule has 0 fully saturated rings. The third kappa shape index (κ3) is 3.73. The van der Waals surface area contributed by atoms with E-state index in [2.05, 4.69) is 24.9 Å². The van der Waals surface area contributed by atoms with Gasteiger partial charge in [0.05, 0.1) is 4.90 Å². The third-order valence-corrected chi connectivity index (χ3v) is 3.87. The zero-order chi connectivity index (χ0) is 13.7. The van der Waals surface area contributed by atoms with E-state index in [1.807, 2.05) is 0 Å². The Hall–Kier alpha value is -2.00. The first-order valence-corrected chi connectivity index (χ1v) is 7.09. The third-order valence-electron chi connectivity index (χ3n) is 2.41. The number of aromatic amines is 2. The molecular weight excluding hydrogens is 270 g/mol. The lowest BCUT2D eigenvalue weighted by Gasteiger charge is -2.05. The maximum atomic E-state index is 11.8. The van der Waals surface area contributed by atoms with Gasteiger partial charge >= 0.3 is 0 Å². The highest BCUT2D eigenvalue weighted by atomic mass is 32.2. The Morgan fingerprint density at radius 1 is 1.32 bits per heavy atom. The average molecular weight is 283 g/mol. The van der Waals surface area contributed by atoms with E-state index in [1.54, 1.807) is 0 Å². The highest BCUT2D eigenvalue weighted by Gasteiger charge is 2.12. The van der Waals surface area contributed by atoms with Gasteiger partial charge in [-0.25, -0.2) is 18.1 Å². The molecule has 9 heteroatoms. The summed E-state index contributed by atoms with van der Waals surface area (Å²) in [5.41, 5.74) is -0.343. The number of aromatic nitrogens is 4. The van der Waals surface area contributed by atoms with Crippen molar-refractivity contribution >= 4 is 10.0 Å². The molecule has 0 saturated carbocycles. The fraction of sp³-hybridized carbons (Fsp3) is 0.300. The lowest BCUT2D eigenvalue weighted by atomic mass is 10.3. The Bertz CT molecular complexity index is 657. The van der Waals surface area contributed by atoms with Crippen LogP contribution in [0.15, 0.2) is 34.3 Å². The van der Waals surface area contributed by atoms with Crippen molar-refractivity contribution in [3.05, 3.63) is 40.8 Å². The minimum atomic E-state index is -3.58. The normalized spacial score (nSPS) is 11.6. The van der Waals surface area contributed by atoms with Crippen LogP contribution in [0.4, 0.5) is 0 Å². The summed E-state index contributed by atoms with van der Waals surface area (Å²) in [7, 11) is -3.58. The maximum absolute atomic E-state index is 11.8. The number of H-pyrrole nitrogens is 2. The van der Waals surface area contributed by atoms with Gasteiger partial charge in [-0.15, -0.1) is 0 Å². The predicted molar refractivity (Wildman–Crippen MR) is 67.0 cm³/mol. The smallest absolute Gasteiger partial charge is 0.247 e. The van der Waals surface area contributed by atoms with Gasteiger partial charge in [-0.05, 0) is 12.5 Å². The van der Waals surface area contributed by atoms with Gasteiger partial charge in [0.25, 0.3) is 0 Å². The molecule has 0 aliphatic carbocycles. The van der Waals surface area contributed by atoms with Crippen LogP contribution in [0.1, 0.15) is 12.2 Å². The second kappa shape index (κ2) is 5.76. The van der Waals surface area contributed by atoms with Gasteiger partial charge in [-0.1, -0.05) is 0 Å². The standard InChI is InChI=1S/C10H13N5O3S/c16-10-4-3-8(6-11-10)19(17,18)14-5-1-2-9-12-7-13-15-9/h3-4,6-7,14H,1-2,5H2,(H,11,16)(H,12,13,15). The lowest BCUT2D eigenvalue weighted by Crippen LogP contribution is -2.25. The molecule has 2 aromatic rings. The van der Waals surface area contributed by atoms with Crippen molar-refractivity contribution in [1.82, 2.24) is 24.9 Å². The van der Waals surface area contributed by atoms with Crippen LogP contribution in [0.5, 0.6) is 0 Å². The van der Waals surface area contributed by atoms with Gasteiger partial charge in [0.2, 0.25) is 15.6 Å². The van der Waals surface area contributed by atoms with Crippen LogP contribution in [0.2, 0.25) is 0 Å². The van der Waals surface area contributed by atoms with Crippen LogP contribution in [-0.2, 0) is 16.4 Å². The van der Waals surface area contributed by atoms with E-state index in [0.29, 0.717) is 18.7 Å². The summed E-state index contributed by atoms with van der Waals surface area (Å²) in [6.07, 6.45) is 3.77. The van der Waals surface area contributed by atoms with Gasteiger partial charge in [-0.3, -0.25) is 9.89 Å². The van der Waals surface area contributed by atoms with Crippen LogP contribution in [0.3, 0.4) is 0 Å². The van der Waals surface area contributed by atoms with Crippen molar-refractivity contribution in [3.8, 4) is 0 Å². The predicted octanol–water partition coefficient (Wildman–Crippen LogP) is -0.596. The van der Waals surface area contributed by atoms with E-state index in [0.717, 1.165) is 0 Å². The molecule has 2 rings (SSSR count). The van der Waals surface area contributed by atoms with Crippen LogP contribution in [0, 0.1) is 0 Å². The summed E-state index contributed by atoms with van der Waals surface area (Å²) in [4.78, 5) is 17.1. The molecule has 0 saturated heterocycles. The number of hydrogen-bond acceptors (Lipinski definition) is 5. The summed E-state index contributed by atoms with van der Waals surface area (Å²) in [6, 6.07) is 2.43. The largest absolute Gasteiger partial charge is 0.328 e. The molecule has 19 heavy (non-hydrogen) atoms. The molecular formula is C10H13N5O3S. The lowest BCUT2D eigenvalue weighted by molar-refractivity contribution is 0.577. The fourth-order valence-corrected chi connectivity index (χ4v) is 2.50. The summed E-state index contributed by atoms with van der Waals surface area (Å²) in [6.45, 7) is 0.280. The van der Waals surface area contributed by atoms with Gasteiger partial charge in [0.15, 0.2) is 0 Å². The Labute approximate surface area is 109 Å². The molecule has 2 aromatic heterocycles. The minimum absolute atomic E-state index is 0.0340. The number of hydrogen-bond donors (Lipinski definition) is 3. The molecule has 3 N–H and O–H groups in total. The molecule has 0 aromatic carbocycles. The number of nitrogens with zero attached hydrogens (tertiary/aromatic N) is 2. The topological polar surface area (TPSA) is 121 Å². The molecule has 0 radical (unpaired) electrons. The highest BCUT2D eigenvalue weighted by molar-refractivity contribution is 7.89. The second-order valence-corrected chi connectivity index (χ2v) is 5.59. The summed E-state index contributed by atoms with van der Waals surface area (Å²) < 4.78 is 26.1. The first kappa shape index (κ1) is 13.4. The fourth-order valence-electron chi connectivity index (χ4n) is 1.46. The number of aryl methyl sites for hydroxylation is 1. The van der Waals surface area contributed by atoms with Crippen molar-refractivity contribution in [2.45, 2.75) is 17.7 Å². The van der Waals surface area contributed by atoms with Crippen LogP contribution >= 0.6 is 0 Å². The van der Waals surface area contributed by atoms with E-state index < -0.39 is 10.0 Å². The number of sulfonamides is 1. The number of pyridine rings is 1. The molecule has 2 heterocycles. The van der Waals surface area contributed by atoms with Crippen LogP contribution in [-0.4, -0.2) is 35.1 Å². The monoisotopic (exact) mass is 283 g/mol. The van der Waals surface area contributed by atoms with Crippen LogP contribution < -0.4 is 10.3 Å². The zero-order valence-corrected chi connectivity index (χ0v) is 10.8. The van der Waals surface area contributed by atoms with E-state index in [1.165, 1.54) is 24.7 Å². The zero-order valence-electron chi connectivity index (χ0n) is 9.96. The van der Waals surface area contributed by atoms with Crippen LogP contribution in [0.25, 0.3) is 0 Å². The van der Waals surface area contributed by atoms with E-state index in [-0.39, 0.29) is 17.0 Å². The van der Waals surface area contributed by atoms with Gasteiger partial charge in [0, 0.05) is 25.2 Å². The molecule has 102 valence electrons. The molecule has 0 aliphatic rings. The molecule has 0 amide bonds.